The highest BCUT2D eigenvalue weighted by molar-refractivity contribution is 6.30. The molecule has 1 heterocycles. The van der Waals surface area contributed by atoms with Gasteiger partial charge in [-0.1, -0.05) is 17.7 Å². The number of anilines is 1. The predicted octanol–water partition coefficient (Wildman–Crippen LogP) is 2.24. The van der Waals surface area contributed by atoms with Crippen molar-refractivity contribution in [3.63, 3.8) is 0 Å². The van der Waals surface area contributed by atoms with Crippen LogP contribution in [0.1, 0.15) is 5.69 Å². The van der Waals surface area contributed by atoms with Crippen molar-refractivity contribution in [1.29, 1.82) is 0 Å². The van der Waals surface area contributed by atoms with E-state index < -0.39 is 0 Å². The van der Waals surface area contributed by atoms with Crippen LogP contribution in [0.25, 0.3) is 0 Å². The first-order chi connectivity index (χ1) is 7.74. The fourth-order valence-corrected chi connectivity index (χ4v) is 1.52. The molecule has 2 rings (SSSR count). The Labute approximate surface area is 97.6 Å². The van der Waals surface area contributed by atoms with Gasteiger partial charge in [-0.05, 0) is 24.3 Å². The summed E-state index contributed by atoms with van der Waals surface area (Å²) in [5.74, 6) is -0.105. The Kier molecular flexibility index (Phi) is 3.22. The minimum Gasteiger partial charge on any atom is -0.326 e. The Hall–Kier alpha value is -1.81. The van der Waals surface area contributed by atoms with Crippen LogP contribution in [0.5, 0.6) is 0 Å². The topological polar surface area (TPSA) is 57.8 Å². The van der Waals surface area contributed by atoms with E-state index in [0.717, 1.165) is 5.69 Å². The molecule has 0 spiro atoms. The zero-order chi connectivity index (χ0) is 11.4. The van der Waals surface area contributed by atoms with E-state index in [1.165, 1.54) is 0 Å². The largest absolute Gasteiger partial charge is 0.326 e. The Morgan fingerprint density at radius 3 is 3.00 bits per heavy atom. The lowest BCUT2D eigenvalue weighted by Gasteiger charge is -2.04. The molecule has 0 aliphatic heterocycles. The Morgan fingerprint density at radius 2 is 2.31 bits per heavy atom. The molecule has 2 N–H and O–H groups in total. The monoisotopic (exact) mass is 235 g/mol. The zero-order valence-corrected chi connectivity index (χ0v) is 9.16. The first kappa shape index (κ1) is 10.7. The maximum atomic E-state index is 11.6. The highest BCUT2D eigenvalue weighted by Crippen LogP contribution is 2.14. The number of nitrogens with zero attached hydrogens (tertiary/aromatic N) is 1. The Morgan fingerprint density at radius 1 is 1.44 bits per heavy atom. The van der Waals surface area contributed by atoms with Crippen LogP contribution in [0.3, 0.4) is 0 Å². The van der Waals surface area contributed by atoms with E-state index in [9.17, 15) is 4.79 Å². The molecule has 1 amide bonds. The maximum absolute atomic E-state index is 11.6. The number of H-pyrrole nitrogens is 1. The van der Waals surface area contributed by atoms with E-state index in [2.05, 4.69) is 15.5 Å². The number of nitrogens with one attached hydrogen (secondary N) is 2. The van der Waals surface area contributed by atoms with E-state index in [4.69, 9.17) is 11.6 Å². The molecule has 0 radical (unpaired) electrons. The van der Waals surface area contributed by atoms with Gasteiger partial charge in [0.15, 0.2) is 0 Å². The van der Waals surface area contributed by atoms with Gasteiger partial charge in [-0.3, -0.25) is 9.89 Å². The van der Waals surface area contributed by atoms with Gasteiger partial charge in [-0.2, -0.15) is 5.10 Å². The van der Waals surface area contributed by atoms with Crippen LogP contribution in [-0.2, 0) is 11.2 Å². The number of carbonyl (C=O) groups excluding carboxylic acids is 1. The van der Waals surface area contributed by atoms with Crippen molar-refractivity contribution >= 4 is 23.2 Å². The summed E-state index contributed by atoms with van der Waals surface area (Å²) in [5.41, 5.74) is 1.47. The quantitative estimate of drug-likeness (QED) is 0.857. The van der Waals surface area contributed by atoms with Crippen LogP contribution < -0.4 is 5.32 Å². The summed E-state index contributed by atoms with van der Waals surface area (Å²) in [4.78, 5) is 11.6. The molecular formula is C11H10ClN3O. The fourth-order valence-electron chi connectivity index (χ4n) is 1.33. The molecule has 0 aliphatic rings. The van der Waals surface area contributed by atoms with Crippen molar-refractivity contribution in [3.8, 4) is 0 Å². The first-order valence-electron chi connectivity index (χ1n) is 4.78. The summed E-state index contributed by atoms with van der Waals surface area (Å²) >= 11 is 5.80. The average Bonchev–Trinajstić information content (AvgIpc) is 2.70. The number of aromatic nitrogens is 2. The molecule has 0 fully saturated rings. The number of rotatable bonds is 3. The SMILES string of the molecule is O=C(Cc1ccn[nH]1)Nc1cccc(Cl)c1. The third-order valence-electron chi connectivity index (χ3n) is 2.02. The number of hydrogen-bond donors (Lipinski definition) is 2. The van der Waals surface area contributed by atoms with E-state index in [-0.39, 0.29) is 12.3 Å². The highest BCUT2D eigenvalue weighted by atomic mass is 35.5. The lowest BCUT2D eigenvalue weighted by atomic mass is 10.2. The summed E-state index contributed by atoms with van der Waals surface area (Å²) in [5, 5.41) is 9.85. The summed E-state index contributed by atoms with van der Waals surface area (Å²) in [6.45, 7) is 0. The van der Waals surface area contributed by atoms with Gasteiger partial charge < -0.3 is 5.32 Å². The molecule has 1 aromatic carbocycles. The van der Waals surface area contributed by atoms with Crippen molar-refractivity contribution < 1.29 is 4.79 Å². The molecule has 2 aromatic rings. The van der Waals surface area contributed by atoms with Gasteiger partial charge >= 0.3 is 0 Å². The lowest BCUT2D eigenvalue weighted by Crippen LogP contribution is -2.14. The van der Waals surface area contributed by atoms with Gasteiger partial charge in [-0.15, -0.1) is 0 Å². The minimum absolute atomic E-state index is 0.105. The molecule has 0 atom stereocenters. The number of aromatic amines is 1. The number of benzene rings is 1. The Bertz CT molecular complexity index is 482. The van der Waals surface area contributed by atoms with Crippen molar-refractivity contribution in [2.45, 2.75) is 6.42 Å². The van der Waals surface area contributed by atoms with Crippen LogP contribution in [0.15, 0.2) is 36.5 Å². The van der Waals surface area contributed by atoms with Crippen molar-refractivity contribution in [2.75, 3.05) is 5.32 Å². The van der Waals surface area contributed by atoms with E-state index in [1.807, 2.05) is 0 Å². The normalized spacial score (nSPS) is 10.1. The third-order valence-corrected chi connectivity index (χ3v) is 2.25. The maximum Gasteiger partial charge on any atom is 0.230 e. The fraction of sp³-hybridized carbons (Fsp3) is 0.0909. The van der Waals surface area contributed by atoms with Crippen molar-refractivity contribution in [3.05, 3.63) is 47.2 Å². The summed E-state index contributed by atoms with van der Waals surface area (Å²) in [6.07, 6.45) is 1.88. The molecular weight excluding hydrogens is 226 g/mol. The second kappa shape index (κ2) is 4.81. The molecule has 0 aliphatic carbocycles. The van der Waals surface area contributed by atoms with Crippen LogP contribution in [-0.4, -0.2) is 16.1 Å². The molecule has 5 heteroatoms. The highest BCUT2D eigenvalue weighted by Gasteiger charge is 2.04. The number of halogens is 1. The molecule has 0 unspecified atom stereocenters. The van der Waals surface area contributed by atoms with Crippen LogP contribution in [0.4, 0.5) is 5.69 Å². The molecule has 16 heavy (non-hydrogen) atoms. The first-order valence-corrected chi connectivity index (χ1v) is 5.15. The van der Waals surface area contributed by atoms with Gasteiger partial charge in [0.2, 0.25) is 5.91 Å². The summed E-state index contributed by atoms with van der Waals surface area (Å²) < 4.78 is 0. The molecule has 82 valence electrons. The van der Waals surface area contributed by atoms with Crippen molar-refractivity contribution in [1.82, 2.24) is 10.2 Å². The van der Waals surface area contributed by atoms with Crippen LogP contribution in [0.2, 0.25) is 5.02 Å². The van der Waals surface area contributed by atoms with Gasteiger partial charge in [0, 0.05) is 22.6 Å². The Balaban J connectivity index is 1.97. The second-order valence-corrected chi connectivity index (χ2v) is 3.75. The van der Waals surface area contributed by atoms with E-state index in [0.29, 0.717) is 10.7 Å². The zero-order valence-electron chi connectivity index (χ0n) is 8.40. The molecule has 0 saturated carbocycles. The van der Waals surface area contributed by atoms with Gasteiger partial charge in [-0.25, -0.2) is 0 Å². The minimum atomic E-state index is -0.105. The number of carbonyl (C=O) groups is 1. The third kappa shape index (κ3) is 2.84. The van der Waals surface area contributed by atoms with Crippen LogP contribution in [0, 0.1) is 0 Å². The van der Waals surface area contributed by atoms with E-state index >= 15 is 0 Å². The van der Waals surface area contributed by atoms with Gasteiger partial charge in [0.1, 0.15) is 0 Å². The lowest BCUT2D eigenvalue weighted by molar-refractivity contribution is -0.115. The molecule has 1 aromatic heterocycles. The smallest absolute Gasteiger partial charge is 0.230 e. The van der Waals surface area contributed by atoms with Gasteiger partial charge in [0.05, 0.1) is 6.42 Å². The standard InChI is InChI=1S/C11H10ClN3O/c12-8-2-1-3-9(6-8)14-11(16)7-10-4-5-13-15-10/h1-6H,7H2,(H,13,15)(H,14,16). The second-order valence-electron chi connectivity index (χ2n) is 3.32. The molecule has 4 nitrogen and oxygen atoms in total. The van der Waals surface area contributed by atoms with Gasteiger partial charge in [0.25, 0.3) is 0 Å². The number of hydrogen-bond acceptors (Lipinski definition) is 2. The van der Waals surface area contributed by atoms with E-state index in [1.54, 1.807) is 36.5 Å². The molecule has 0 saturated heterocycles. The summed E-state index contributed by atoms with van der Waals surface area (Å²) in [6, 6.07) is 8.79. The van der Waals surface area contributed by atoms with Crippen molar-refractivity contribution in [2.24, 2.45) is 0 Å². The predicted molar refractivity (Wildman–Crippen MR) is 62.4 cm³/mol. The number of amides is 1. The average molecular weight is 236 g/mol. The van der Waals surface area contributed by atoms with Crippen LogP contribution >= 0.6 is 11.6 Å². The molecule has 0 bridgehead atoms. The summed E-state index contributed by atoms with van der Waals surface area (Å²) in [7, 11) is 0.